The zero-order valence-corrected chi connectivity index (χ0v) is 12.8. The van der Waals surface area contributed by atoms with E-state index in [0.717, 1.165) is 12.8 Å². The van der Waals surface area contributed by atoms with Gasteiger partial charge in [0.15, 0.2) is 0 Å². The average molecular weight is 289 g/mol. The SMILES string of the molecule is CN(CC(=O)N(C)C1CCCCC1)C(=O)CCCCl. The molecule has 19 heavy (non-hydrogen) atoms. The quantitative estimate of drug-likeness (QED) is 0.704. The number of likely N-dealkylation sites (N-methyl/N-ethyl adjacent to an activating group) is 2. The molecule has 0 bridgehead atoms. The number of halogens is 1. The van der Waals surface area contributed by atoms with Gasteiger partial charge in [-0.2, -0.15) is 0 Å². The first-order chi connectivity index (χ1) is 9.06. The Morgan fingerprint density at radius 3 is 2.32 bits per heavy atom. The van der Waals surface area contributed by atoms with Crippen LogP contribution in [0.2, 0.25) is 0 Å². The summed E-state index contributed by atoms with van der Waals surface area (Å²) in [6, 6.07) is 0.354. The molecule has 0 aromatic carbocycles. The molecule has 5 heteroatoms. The highest BCUT2D eigenvalue weighted by Crippen LogP contribution is 2.21. The number of hydrogen-bond acceptors (Lipinski definition) is 2. The van der Waals surface area contributed by atoms with E-state index in [1.807, 2.05) is 11.9 Å². The van der Waals surface area contributed by atoms with E-state index in [4.69, 9.17) is 11.6 Å². The van der Waals surface area contributed by atoms with E-state index in [1.165, 1.54) is 24.2 Å². The number of carbonyl (C=O) groups is 2. The van der Waals surface area contributed by atoms with Crippen molar-refractivity contribution in [2.75, 3.05) is 26.5 Å². The molecule has 2 amide bonds. The van der Waals surface area contributed by atoms with Gasteiger partial charge in [-0.3, -0.25) is 9.59 Å². The molecule has 0 unspecified atom stereocenters. The minimum absolute atomic E-state index is 0.00829. The molecular formula is C14H25ClN2O2. The molecule has 4 nitrogen and oxygen atoms in total. The number of amides is 2. The zero-order chi connectivity index (χ0) is 14.3. The summed E-state index contributed by atoms with van der Waals surface area (Å²) in [5, 5.41) is 0. The second kappa shape index (κ2) is 8.41. The van der Waals surface area contributed by atoms with Crippen molar-refractivity contribution in [3.8, 4) is 0 Å². The maximum atomic E-state index is 12.1. The van der Waals surface area contributed by atoms with Crippen LogP contribution in [-0.2, 0) is 9.59 Å². The molecular weight excluding hydrogens is 264 g/mol. The molecule has 1 aliphatic rings. The summed E-state index contributed by atoms with van der Waals surface area (Å²) in [6.07, 6.45) is 6.94. The van der Waals surface area contributed by atoms with E-state index < -0.39 is 0 Å². The lowest BCUT2D eigenvalue weighted by Gasteiger charge is -2.32. The average Bonchev–Trinajstić information content (AvgIpc) is 2.44. The third kappa shape index (κ3) is 5.39. The van der Waals surface area contributed by atoms with Crippen molar-refractivity contribution in [2.45, 2.75) is 51.0 Å². The number of rotatable bonds is 6. The minimum Gasteiger partial charge on any atom is -0.341 e. The molecule has 0 N–H and O–H groups in total. The van der Waals surface area contributed by atoms with Crippen LogP contribution in [0.3, 0.4) is 0 Å². The Bertz CT molecular complexity index is 304. The molecule has 0 heterocycles. The number of carbonyl (C=O) groups excluding carboxylic acids is 2. The third-order valence-corrected chi connectivity index (χ3v) is 4.11. The van der Waals surface area contributed by atoms with Gasteiger partial charge in [0.1, 0.15) is 0 Å². The van der Waals surface area contributed by atoms with E-state index in [0.29, 0.717) is 24.8 Å². The lowest BCUT2D eigenvalue weighted by atomic mass is 9.94. The first kappa shape index (κ1) is 16.3. The number of hydrogen-bond donors (Lipinski definition) is 0. The van der Waals surface area contributed by atoms with Gasteiger partial charge in [-0.05, 0) is 19.3 Å². The normalized spacial score (nSPS) is 16.2. The molecule has 0 aliphatic heterocycles. The summed E-state index contributed by atoms with van der Waals surface area (Å²) in [6.45, 7) is 0.175. The van der Waals surface area contributed by atoms with Gasteiger partial charge in [-0.15, -0.1) is 11.6 Å². The van der Waals surface area contributed by atoms with Crippen molar-refractivity contribution in [3.05, 3.63) is 0 Å². The topological polar surface area (TPSA) is 40.6 Å². The van der Waals surface area contributed by atoms with Gasteiger partial charge < -0.3 is 9.80 Å². The van der Waals surface area contributed by atoms with Crippen LogP contribution in [0.15, 0.2) is 0 Å². The van der Waals surface area contributed by atoms with Gasteiger partial charge in [0, 0.05) is 32.4 Å². The van der Waals surface area contributed by atoms with Crippen molar-refractivity contribution in [1.82, 2.24) is 9.80 Å². The summed E-state index contributed by atoms with van der Waals surface area (Å²) in [4.78, 5) is 27.2. The van der Waals surface area contributed by atoms with Gasteiger partial charge in [0.05, 0.1) is 6.54 Å². The van der Waals surface area contributed by atoms with Crippen LogP contribution in [0.25, 0.3) is 0 Å². The Balaban J connectivity index is 2.37. The van der Waals surface area contributed by atoms with Crippen LogP contribution in [0, 0.1) is 0 Å². The van der Waals surface area contributed by atoms with Crippen LogP contribution < -0.4 is 0 Å². The molecule has 1 rings (SSSR count). The smallest absolute Gasteiger partial charge is 0.242 e. The molecule has 0 saturated heterocycles. The fourth-order valence-electron chi connectivity index (χ4n) is 2.48. The minimum atomic E-state index is -0.00829. The van der Waals surface area contributed by atoms with Gasteiger partial charge in [-0.25, -0.2) is 0 Å². The van der Waals surface area contributed by atoms with Crippen LogP contribution in [0.4, 0.5) is 0 Å². The Morgan fingerprint density at radius 1 is 1.11 bits per heavy atom. The highest BCUT2D eigenvalue weighted by molar-refractivity contribution is 6.17. The van der Waals surface area contributed by atoms with Crippen molar-refractivity contribution < 1.29 is 9.59 Å². The predicted octanol–water partition coefficient (Wildman–Crippen LogP) is 2.25. The van der Waals surface area contributed by atoms with Gasteiger partial charge in [0.25, 0.3) is 0 Å². The van der Waals surface area contributed by atoms with Crippen LogP contribution >= 0.6 is 11.6 Å². The van der Waals surface area contributed by atoms with Gasteiger partial charge in [0.2, 0.25) is 11.8 Å². The maximum absolute atomic E-state index is 12.1. The van der Waals surface area contributed by atoms with Crippen LogP contribution in [0.1, 0.15) is 44.9 Å². The fourth-order valence-corrected chi connectivity index (χ4v) is 2.62. The van der Waals surface area contributed by atoms with E-state index in [-0.39, 0.29) is 18.4 Å². The van der Waals surface area contributed by atoms with Crippen molar-refractivity contribution in [2.24, 2.45) is 0 Å². The van der Waals surface area contributed by atoms with Crippen molar-refractivity contribution in [3.63, 3.8) is 0 Å². The largest absolute Gasteiger partial charge is 0.341 e. The molecule has 1 saturated carbocycles. The van der Waals surface area contributed by atoms with E-state index in [2.05, 4.69) is 0 Å². The molecule has 1 fully saturated rings. The predicted molar refractivity (Wildman–Crippen MR) is 77.2 cm³/mol. The molecule has 1 aliphatic carbocycles. The highest BCUT2D eigenvalue weighted by atomic mass is 35.5. The van der Waals surface area contributed by atoms with Gasteiger partial charge >= 0.3 is 0 Å². The highest BCUT2D eigenvalue weighted by Gasteiger charge is 2.23. The van der Waals surface area contributed by atoms with Crippen molar-refractivity contribution >= 4 is 23.4 Å². The number of nitrogens with zero attached hydrogens (tertiary/aromatic N) is 2. The Kier molecular flexibility index (Phi) is 7.21. The molecule has 0 spiro atoms. The van der Waals surface area contributed by atoms with Gasteiger partial charge in [-0.1, -0.05) is 19.3 Å². The standard InChI is InChI=1S/C14H25ClN2O2/c1-16(13(18)9-6-10-15)11-14(19)17(2)12-7-4-3-5-8-12/h12H,3-11H2,1-2H3. The lowest BCUT2D eigenvalue weighted by molar-refractivity contribution is -0.140. The second-order valence-corrected chi connectivity index (χ2v) is 5.72. The first-order valence-electron chi connectivity index (χ1n) is 7.12. The molecule has 0 atom stereocenters. The summed E-state index contributed by atoms with van der Waals surface area (Å²) in [5.41, 5.74) is 0. The third-order valence-electron chi connectivity index (χ3n) is 3.84. The Hall–Kier alpha value is -0.770. The molecule has 110 valence electrons. The monoisotopic (exact) mass is 288 g/mol. The van der Waals surface area contributed by atoms with Crippen LogP contribution in [-0.4, -0.2) is 54.2 Å². The van der Waals surface area contributed by atoms with E-state index in [1.54, 1.807) is 7.05 Å². The Morgan fingerprint density at radius 2 is 1.74 bits per heavy atom. The molecule has 0 radical (unpaired) electrons. The lowest BCUT2D eigenvalue weighted by Crippen LogP contribution is -2.44. The van der Waals surface area contributed by atoms with E-state index in [9.17, 15) is 9.59 Å². The molecule has 0 aromatic rings. The van der Waals surface area contributed by atoms with Crippen molar-refractivity contribution in [1.29, 1.82) is 0 Å². The summed E-state index contributed by atoms with van der Waals surface area (Å²) in [7, 11) is 3.54. The first-order valence-corrected chi connectivity index (χ1v) is 7.65. The summed E-state index contributed by atoms with van der Waals surface area (Å²) in [5.74, 6) is 0.509. The summed E-state index contributed by atoms with van der Waals surface area (Å²) < 4.78 is 0. The number of alkyl halides is 1. The Labute approximate surface area is 121 Å². The van der Waals surface area contributed by atoms with E-state index >= 15 is 0 Å². The summed E-state index contributed by atoms with van der Waals surface area (Å²) >= 11 is 5.56. The zero-order valence-electron chi connectivity index (χ0n) is 12.0. The fraction of sp³-hybridized carbons (Fsp3) is 0.857. The molecule has 0 aromatic heterocycles. The maximum Gasteiger partial charge on any atom is 0.242 e. The van der Waals surface area contributed by atoms with Crippen LogP contribution in [0.5, 0.6) is 0 Å². The second-order valence-electron chi connectivity index (χ2n) is 5.34.